The van der Waals surface area contributed by atoms with Gasteiger partial charge < -0.3 is 24.4 Å². The number of methoxy groups -OCH3 is 1. The average molecular weight is 551 g/mol. The Hall–Kier alpha value is -5.04. The third kappa shape index (κ3) is 4.80. The number of carbonyl (C=O) groups is 2. The van der Waals surface area contributed by atoms with Gasteiger partial charge in [-0.15, -0.1) is 0 Å². The molecule has 0 bridgehead atoms. The van der Waals surface area contributed by atoms with Crippen LogP contribution in [0, 0.1) is 0 Å². The van der Waals surface area contributed by atoms with Crippen LogP contribution in [0.1, 0.15) is 57.2 Å². The van der Waals surface area contributed by atoms with Gasteiger partial charge in [0.15, 0.2) is 0 Å². The minimum Gasteiger partial charge on any atom is -0.507 e. The van der Waals surface area contributed by atoms with E-state index in [4.69, 9.17) is 14.2 Å². The molecule has 7 nitrogen and oxygen atoms in total. The first-order valence-electron chi connectivity index (χ1n) is 13.4. The quantitative estimate of drug-likeness (QED) is 0.204. The van der Waals surface area contributed by atoms with Gasteiger partial charge in [0.25, 0.3) is 0 Å². The summed E-state index contributed by atoms with van der Waals surface area (Å²) in [6.45, 7) is 3.67. The summed E-state index contributed by atoms with van der Waals surface area (Å²) in [5.74, 6) is -2.00. The lowest BCUT2D eigenvalue weighted by Crippen LogP contribution is -2.06. The van der Waals surface area contributed by atoms with Gasteiger partial charge in [-0.2, -0.15) is 0 Å². The Bertz CT molecular complexity index is 1550. The number of hydrogen-bond acceptors (Lipinski definition) is 7. The molecule has 5 rings (SSSR count). The molecule has 0 heterocycles. The molecule has 0 unspecified atom stereocenters. The molecule has 0 fully saturated rings. The van der Waals surface area contributed by atoms with Crippen molar-refractivity contribution in [3.05, 3.63) is 113 Å². The Labute approximate surface area is 238 Å². The third-order valence-electron chi connectivity index (χ3n) is 7.16. The van der Waals surface area contributed by atoms with Gasteiger partial charge in [-0.05, 0) is 42.7 Å². The highest BCUT2D eigenvalue weighted by atomic mass is 16.5. The molecule has 0 radical (unpaired) electrons. The zero-order chi connectivity index (χ0) is 29.1. The number of esters is 2. The van der Waals surface area contributed by atoms with Crippen LogP contribution in [-0.4, -0.2) is 42.5 Å². The highest BCUT2D eigenvalue weighted by molar-refractivity contribution is 6.06. The Kier molecular flexibility index (Phi) is 7.79. The summed E-state index contributed by atoms with van der Waals surface area (Å²) in [7, 11) is 1.57. The summed E-state index contributed by atoms with van der Waals surface area (Å²) in [6, 6.07) is 25.2. The molecule has 4 aliphatic carbocycles. The van der Waals surface area contributed by atoms with E-state index in [0.29, 0.717) is 44.7 Å². The van der Waals surface area contributed by atoms with Gasteiger partial charge in [-0.1, -0.05) is 72.8 Å². The molecular weight excluding hydrogens is 520 g/mol. The Morgan fingerprint density at radius 2 is 1.05 bits per heavy atom. The molecule has 7 heteroatoms. The predicted molar refractivity (Wildman–Crippen MR) is 155 cm³/mol. The molecule has 1 aromatic rings. The van der Waals surface area contributed by atoms with Gasteiger partial charge >= 0.3 is 11.9 Å². The standard InChI is InChI=1S/C34H30O7/c1-4-40-33(37)29-24-14-10-6-8-12-22(24)27(31(29)35)26(20-16-18-21(39-3)19-17-20)28-23-13-9-7-11-15-25(23)30(32(28)36)34(38)41-5-2/h6-19,26,35-36H,4-5H2,1-3H3. The Balaban J connectivity index is 1.90. The average Bonchev–Trinajstić information content (AvgIpc) is 3.16. The molecule has 2 N–H and O–H groups in total. The summed E-state index contributed by atoms with van der Waals surface area (Å²) >= 11 is 0. The predicted octanol–water partition coefficient (Wildman–Crippen LogP) is 6.85. The van der Waals surface area contributed by atoms with E-state index in [1.54, 1.807) is 57.4 Å². The number of ether oxygens (including phenoxy) is 3. The van der Waals surface area contributed by atoms with E-state index in [1.807, 2.05) is 48.5 Å². The largest absolute Gasteiger partial charge is 0.507 e. The van der Waals surface area contributed by atoms with E-state index in [9.17, 15) is 19.8 Å². The van der Waals surface area contributed by atoms with Crippen LogP contribution in [0.5, 0.6) is 17.2 Å². The molecule has 0 aromatic heterocycles. The van der Waals surface area contributed by atoms with Crippen molar-refractivity contribution in [3.63, 3.8) is 0 Å². The minimum absolute atomic E-state index is 0.0399. The lowest BCUT2D eigenvalue weighted by Gasteiger charge is -2.21. The maximum Gasteiger partial charge on any atom is 0.342 e. The lowest BCUT2D eigenvalue weighted by atomic mass is 9.82. The second-order valence-corrected chi connectivity index (χ2v) is 9.40. The van der Waals surface area contributed by atoms with E-state index in [2.05, 4.69) is 0 Å². The van der Waals surface area contributed by atoms with E-state index in [-0.39, 0.29) is 35.8 Å². The van der Waals surface area contributed by atoms with Gasteiger partial charge in [-0.25, -0.2) is 9.59 Å². The molecule has 1 aromatic carbocycles. The molecule has 4 aliphatic rings. The van der Waals surface area contributed by atoms with Crippen molar-refractivity contribution in [1.29, 1.82) is 0 Å². The van der Waals surface area contributed by atoms with Crippen molar-refractivity contribution in [2.45, 2.75) is 19.8 Å². The molecule has 0 saturated carbocycles. The van der Waals surface area contributed by atoms with Gasteiger partial charge in [0.2, 0.25) is 0 Å². The molecule has 0 saturated heterocycles. The van der Waals surface area contributed by atoms with Gasteiger partial charge in [0.1, 0.15) is 28.4 Å². The van der Waals surface area contributed by atoms with Gasteiger partial charge in [0.05, 0.1) is 20.3 Å². The number of benzene rings is 1. The fraction of sp³-hybridized carbons (Fsp3) is 0.176. The molecule has 0 spiro atoms. The summed E-state index contributed by atoms with van der Waals surface area (Å²) in [5.41, 5.74) is 3.78. The molecule has 0 amide bonds. The lowest BCUT2D eigenvalue weighted by molar-refractivity contribution is 0.0514. The van der Waals surface area contributed by atoms with Crippen LogP contribution in [0.2, 0.25) is 0 Å². The first-order chi connectivity index (χ1) is 19.9. The molecule has 0 atom stereocenters. The second kappa shape index (κ2) is 11.6. The Morgan fingerprint density at radius 1 is 0.634 bits per heavy atom. The Morgan fingerprint density at radius 3 is 1.44 bits per heavy atom. The van der Waals surface area contributed by atoms with E-state index < -0.39 is 17.9 Å². The zero-order valence-electron chi connectivity index (χ0n) is 23.0. The first-order valence-corrected chi connectivity index (χ1v) is 13.4. The maximum absolute atomic E-state index is 13.2. The van der Waals surface area contributed by atoms with Crippen LogP contribution >= 0.6 is 0 Å². The summed E-state index contributed by atoms with van der Waals surface area (Å²) < 4.78 is 16.0. The summed E-state index contributed by atoms with van der Waals surface area (Å²) in [6.07, 6.45) is 0. The smallest absolute Gasteiger partial charge is 0.342 e. The maximum atomic E-state index is 13.2. The number of fused-ring (bicyclic) bond motifs is 2. The second-order valence-electron chi connectivity index (χ2n) is 9.40. The molecule has 41 heavy (non-hydrogen) atoms. The van der Waals surface area contributed by atoms with Crippen LogP contribution in [0.3, 0.4) is 0 Å². The van der Waals surface area contributed by atoms with E-state index in [0.717, 1.165) is 0 Å². The number of hydrogen-bond donors (Lipinski definition) is 2. The van der Waals surface area contributed by atoms with E-state index >= 15 is 0 Å². The van der Waals surface area contributed by atoms with Gasteiger partial charge in [0, 0.05) is 28.2 Å². The van der Waals surface area contributed by atoms with E-state index in [1.165, 1.54) is 0 Å². The fourth-order valence-electron chi connectivity index (χ4n) is 5.46. The highest BCUT2D eigenvalue weighted by Gasteiger charge is 2.38. The van der Waals surface area contributed by atoms with Crippen molar-refractivity contribution >= 4 is 11.9 Å². The van der Waals surface area contributed by atoms with Crippen LogP contribution in [0.25, 0.3) is 22.3 Å². The summed E-state index contributed by atoms with van der Waals surface area (Å²) in [4.78, 5) is 26.3. The zero-order valence-corrected chi connectivity index (χ0v) is 23.0. The van der Waals surface area contributed by atoms with Crippen molar-refractivity contribution in [2.24, 2.45) is 0 Å². The first kappa shape index (κ1) is 27.5. The van der Waals surface area contributed by atoms with Gasteiger partial charge in [-0.3, -0.25) is 0 Å². The normalized spacial score (nSPS) is 11.1. The number of rotatable bonds is 8. The van der Waals surface area contributed by atoms with Crippen LogP contribution < -0.4 is 4.74 Å². The van der Waals surface area contributed by atoms with Crippen LogP contribution in [-0.2, 0) is 9.47 Å². The van der Waals surface area contributed by atoms with Crippen molar-refractivity contribution in [2.75, 3.05) is 20.3 Å². The third-order valence-corrected chi connectivity index (χ3v) is 7.16. The van der Waals surface area contributed by atoms with Crippen molar-refractivity contribution in [3.8, 4) is 39.5 Å². The summed E-state index contributed by atoms with van der Waals surface area (Å²) in [5, 5.41) is 23.6. The molecular formula is C34H30O7. The number of carbonyl (C=O) groups excluding carboxylic acids is 2. The minimum atomic E-state index is -0.804. The SMILES string of the molecule is CCOC(=O)c1c2cccccc-2c(C(c2ccc(OC)cc2)c2c3cccccc-3c(C(=O)OCC)c2O)c1O. The van der Waals surface area contributed by atoms with Crippen molar-refractivity contribution in [1.82, 2.24) is 0 Å². The monoisotopic (exact) mass is 550 g/mol. The topological polar surface area (TPSA) is 102 Å². The fourth-order valence-corrected chi connectivity index (χ4v) is 5.46. The molecule has 0 aliphatic heterocycles. The van der Waals surface area contributed by atoms with Crippen LogP contribution in [0.15, 0.2) is 84.9 Å². The highest BCUT2D eigenvalue weighted by Crippen LogP contribution is 2.55. The number of aromatic hydroxyl groups is 2. The molecule has 208 valence electrons. The van der Waals surface area contributed by atoms with Crippen LogP contribution in [0.4, 0.5) is 0 Å². The van der Waals surface area contributed by atoms with Crippen molar-refractivity contribution < 1.29 is 34.0 Å².